The molecule has 35 heavy (non-hydrogen) atoms. The Morgan fingerprint density at radius 3 is 2.57 bits per heavy atom. The van der Waals surface area contributed by atoms with E-state index in [2.05, 4.69) is 16.8 Å². The lowest BCUT2D eigenvalue weighted by Crippen LogP contribution is -2.14. The van der Waals surface area contributed by atoms with E-state index in [0.717, 1.165) is 43.1 Å². The number of non-ortho nitro benzene ring substituents is 1. The number of thiazole rings is 2. The van der Waals surface area contributed by atoms with Gasteiger partial charge in [-0.1, -0.05) is 36.4 Å². The number of aliphatic hydroxyl groups is 1. The molecule has 1 atom stereocenters. The third kappa shape index (κ3) is 5.46. The molecule has 0 aliphatic rings. The van der Waals surface area contributed by atoms with Crippen molar-refractivity contribution in [3.63, 3.8) is 0 Å². The number of rotatable bonds is 9. The SMILES string of the molecule is O=[N+]([O-])c1ccc(C[C@H](Nc2nc(-c3cccc(CO)c3)cs2)c2csc(-c3cccs3)n2)cc1. The molecule has 0 unspecified atom stereocenters. The van der Waals surface area contributed by atoms with Crippen LogP contribution in [0.4, 0.5) is 10.8 Å². The van der Waals surface area contributed by atoms with Crippen molar-refractivity contribution in [1.82, 2.24) is 9.97 Å². The Morgan fingerprint density at radius 2 is 1.83 bits per heavy atom. The second kappa shape index (κ2) is 10.4. The van der Waals surface area contributed by atoms with Crippen LogP contribution in [0.2, 0.25) is 0 Å². The van der Waals surface area contributed by atoms with Crippen LogP contribution in [0.5, 0.6) is 0 Å². The van der Waals surface area contributed by atoms with E-state index in [1.165, 1.54) is 23.5 Å². The predicted octanol–water partition coefficient (Wildman–Crippen LogP) is 6.79. The van der Waals surface area contributed by atoms with Crippen molar-refractivity contribution in [3.05, 3.63) is 104 Å². The van der Waals surface area contributed by atoms with Gasteiger partial charge in [-0.25, -0.2) is 9.97 Å². The lowest BCUT2D eigenvalue weighted by molar-refractivity contribution is -0.384. The number of hydrogen-bond donors (Lipinski definition) is 2. The number of benzene rings is 2. The average molecular weight is 521 g/mol. The molecule has 7 nitrogen and oxygen atoms in total. The Labute approximate surface area is 213 Å². The van der Waals surface area contributed by atoms with Crippen LogP contribution in [0.3, 0.4) is 0 Å². The Kier molecular flexibility index (Phi) is 6.96. The van der Waals surface area contributed by atoms with Crippen LogP contribution >= 0.6 is 34.0 Å². The van der Waals surface area contributed by atoms with Gasteiger partial charge in [0.15, 0.2) is 5.13 Å². The highest BCUT2D eigenvalue weighted by Gasteiger charge is 2.19. The number of nitrogens with one attached hydrogen (secondary N) is 1. The maximum atomic E-state index is 11.0. The van der Waals surface area contributed by atoms with Crippen molar-refractivity contribution in [3.8, 4) is 21.1 Å². The predicted molar refractivity (Wildman–Crippen MR) is 142 cm³/mol. The number of nitro benzene ring substituents is 1. The quantitative estimate of drug-likeness (QED) is 0.164. The van der Waals surface area contributed by atoms with Crippen LogP contribution in [0.25, 0.3) is 21.1 Å². The second-order valence-corrected chi connectivity index (χ2v) is 10.4. The first kappa shape index (κ1) is 23.3. The highest BCUT2D eigenvalue weighted by atomic mass is 32.1. The Hall–Kier alpha value is -3.44. The van der Waals surface area contributed by atoms with E-state index in [1.807, 2.05) is 41.1 Å². The molecule has 0 saturated carbocycles. The van der Waals surface area contributed by atoms with E-state index in [0.29, 0.717) is 6.42 Å². The molecular formula is C25H20N4O3S3. The zero-order valence-corrected chi connectivity index (χ0v) is 20.8. The van der Waals surface area contributed by atoms with Gasteiger partial charge in [0, 0.05) is 28.5 Å². The summed E-state index contributed by atoms with van der Waals surface area (Å²) in [5.74, 6) is 0. The molecule has 0 amide bonds. The fraction of sp³-hybridized carbons (Fsp3) is 0.120. The average Bonchev–Trinajstić information content (AvgIpc) is 3.66. The molecule has 0 aliphatic carbocycles. The van der Waals surface area contributed by atoms with Gasteiger partial charge in [0.1, 0.15) is 5.01 Å². The smallest absolute Gasteiger partial charge is 0.269 e. The van der Waals surface area contributed by atoms with Crippen molar-refractivity contribution in [2.45, 2.75) is 19.1 Å². The Morgan fingerprint density at radius 1 is 0.971 bits per heavy atom. The molecule has 0 aliphatic heterocycles. The Bertz CT molecular complexity index is 1430. The summed E-state index contributed by atoms with van der Waals surface area (Å²) in [4.78, 5) is 21.4. The molecule has 0 saturated heterocycles. The zero-order chi connectivity index (χ0) is 24.2. The molecule has 0 bridgehead atoms. The third-order valence-corrected chi connectivity index (χ3v) is 8.08. The summed E-state index contributed by atoms with van der Waals surface area (Å²) in [6, 6.07) is 18.2. The number of thiophene rings is 1. The fourth-order valence-corrected chi connectivity index (χ4v) is 6.09. The molecule has 0 fully saturated rings. The normalized spacial score (nSPS) is 11.9. The standard InChI is InChI=1S/C25H20N4O3S3/c30-13-17-3-1-4-18(11-17)21-14-35-25(28-21)27-20(12-16-6-8-19(9-7-16)29(31)32)22-15-34-24(26-22)23-5-2-10-33-23/h1-11,14-15,20,30H,12-13H2,(H,27,28)/t20-/m0/s1. The van der Waals surface area contributed by atoms with Crippen LogP contribution in [-0.2, 0) is 13.0 Å². The second-order valence-electron chi connectivity index (χ2n) is 7.78. The van der Waals surface area contributed by atoms with Gasteiger partial charge in [0.05, 0.1) is 33.8 Å². The van der Waals surface area contributed by atoms with Gasteiger partial charge in [0.2, 0.25) is 0 Å². The van der Waals surface area contributed by atoms with Gasteiger partial charge >= 0.3 is 0 Å². The van der Waals surface area contributed by atoms with Gasteiger partial charge in [-0.05, 0) is 35.1 Å². The first-order chi connectivity index (χ1) is 17.1. The van der Waals surface area contributed by atoms with E-state index in [-0.39, 0.29) is 18.3 Å². The molecule has 10 heteroatoms. The van der Waals surface area contributed by atoms with Crippen LogP contribution in [0, 0.1) is 10.1 Å². The van der Waals surface area contributed by atoms with E-state index >= 15 is 0 Å². The summed E-state index contributed by atoms with van der Waals surface area (Å²) in [7, 11) is 0. The number of nitrogens with zero attached hydrogens (tertiary/aromatic N) is 3. The van der Waals surface area contributed by atoms with Crippen molar-refractivity contribution in [1.29, 1.82) is 0 Å². The van der Waals surface area contributed by atoms with Crippen LogP contribution in [-0.4, -0.2) is 20.0 Å². The first-order valence-electron chi connectivity index (χ1n) is 10.7. The fourth-order valence-electron chi connectivity index (χ4n) is 3.63. The van der Waals surface area contributed by atoms with E-state index in [1.54, 1.807) is 34.8 Å². The maximum Gasteiger partial charge on any atom is 0.269 e. The number of aromatic nitrogens is 2. The van der Waals surface area contributed by atoms with E-state index in [4.69, 9.17) is 9.97 Å². The molecule has 0 spiro atoms. The van der Waals surface area contributed by atoms with Crippen molar-refractivity contribution in [2.24, 2.45) is 0 Å². The number of aliphatic hydroxyl groups excluding tert-OH is 1. The molecule has 176 valence electrons. The molecule has 2 aromatic carbocycles. The summed E-state index contributed by atoms with van der Waals surface area (Å²) in [6.45, 7) is -0.0171. The van der Waals surface area contributed by atoms with Crippen LogP contribution in [0.1, 0.15) is 22.9 Å². The van der Waals surface area contributed by atoms with Crippen molar-refractivity contribution < 1.29 is 10.0 Å². The highest BCUT2D eigenvalue weighted by molar-refractivity contribution is 7.20. The minimum atomic E-state index is -0.393. The number of nitro groups is 1. The monoisotopic (exact) mass is 520 g/mol. The van der Waals surface area contributed by atoms with Gasteiger partial charge in [-0.15, -0.1) is 34.0 Å². The van der Waals surface area contributed by atoms with Gasteiger partial charge in [-0.2, -0.15) is 0 Å². The lowest BCUT2D eigenvalue weighted by Gasteiger charge is -2.16. The molecule has 5 rings (SSSR count). The van der Waals surface area contributed by atoms with Gasteiger partial charge in [0.25, 0.3) is 5.69 Å². The summed E-state index contributed by atoms with van der Waals surface area (Å²) in [6.07, 6.45) is 0.598. The summed E-state index contributed by atoms with van der Waals surface area (Å²) >= 11 is 4.76. The molecule has 3 heterocycles. The Balaban J connectivity index is 1.42. The molecule has 3 aromatic heterocycles. The maximum absolute atomic E-state index is 11.0. The molecule has 5 aromatic rings. The summed E-state index contributed by atoms with van der Waals surface area (Å²) in [5, 5.41) is 31.8. The van der Waals surface area contributed by atoms with Crippen LogP contribution in [0.15, 0.2) is 76.8 Å². The van der Waals surface area contributed by atoms with Crippen molar-refractivity contribution in [2.75, 3.05) is 5.32 Å². The first-order valence-corrected chi connectivity index (χ1v) is 13.4. The molecule has 0 radical (unpaired) electrons. The minimum absolute atomic E-state index is 0.0171. The minimum Gasteiger partial charge on any atom is -0.392 e. The number of hydrogen-bond acceptors (Lipinski definition) is 9. The van der Waals surface area contributed by atoms with E-state index < -0.39 is 4.92 Å². The zero-order valence-electron chi connectivity index (χ0n) is 18.3. The largest absolute Gasteiger partial charge is 0.392 e. The van der Waals surface area contributed by atoms with Crippen LogP contribution < -0.4 is 5.32 Å². The summed E-state index contributed by atoms with van der Waals surface area (Å²) < 4.78 is 0. The highest BCUT2D eigenvalue weighted by Crippen LogP contribution is 2.34. The summed E-state index contributed by atoms with van der Waals surface area (Å²) in [5.41, 5.74) is 4.55. The lowest BCUT2D eigenvalue weighted by atomic mass is 10.0. The van der Waals surface area contributed by atoms with E-state index in [9.17, 15) is 15.2 Å². The number of anilines is 1. The van der Waals surface area contributed by atoms with Crippen molar-refractivity contribution >= 4 is 44.8 Å². The molecule has 2 N–H and O–H groups in total. The van der Waals surface area contributed by atoms with Gasteiger partial charge < -0.3 is 10.4 Å². The topological polar surface area (TPSA) is 101 Å². The molecular weight excluding hydrogens is 501 g/mol. The van der Waals surface area contributed by atoms with Gasteiger partial charge in [-0.3, -0.25) is 10.1 Å². The third-order valence-electron chi connectivity index (χ3n) is 5.41.